The molecule has 0 bridgehead atoms. The van der Waals surface area contributed by atoms with Crippen molar-refractivity contribution >= 4 is 11.8 Å². The summed E-state index contributed by atoms with van der Waals surface area (Å²) >= 11 is 0. The second-order valence-corrected chi connectivity index (χ2v) is 5.40. The van der Waals surface area contributed by atoms with Crippen molar-refractivity contribution in [3.63, 3.8) is 0 Å². The molecule has 0 saturated heterocycles. The van der Waals surface area contributed by atoms with Gasteiger partial charge in [-0.05, 0) is 39.8 Å². The molecule has 0 aliphatic carbocycles. The zero-order valence-corrected chi connectivity index (χ0v) is 12.2. The summed E-state index contributed by atoms with van der Waals surface area (Å²) in [5.41, 5.74) is 1.47. The number of nitrogens with zero attached hydrogens (tertiary/aromatic N) is 3. The van der Waals surface area contributed by atoms with Gasteiger partial charge in [0.15, 0.2) is 0 Å². The highest BCUT2D eigenvalue weighted by atomic mass is 16.5. The molecule has 0 fully saturated rings. The third kappa shape index (κ3) is 2.28. The topological polar surface area (TPSA) is 56.1 Å². The number of pyridine rings is 1. The van der Waals surface area contributed by atoms with Crippen molar-refractivity contribution in [2.75, 3.05) is 0 Å². The van der Waals surface area contributed by atoms with Crippen LogP contribution in [0.4, 0.5) is 0 Å². The molecule has 2 aliphatic heterocycles. The van der Waals surface area contributed by atoms with Gasteiger partial charge in [0.2, 0.25) is 11.8 Å². The lowest BCUT2D eigenvalue weighted by molar-refractivity contribution is 0.217. The Kier molecular flexibility index (Phi) is 3.20. The predicted molar refractivity (Wildman–Crippen MR) is 77.3 cm³/mol. The summed E-state index contributed by atoms with van der Waals surface area (Å²) in [6.45, 7) is 8.10. The first kappa shape index (κ1) is 13.1. The van der Waals surface area contributed by atoms with E-state index in [-0.39, 0.29) is 24.3 Å². The molecule has 5 heteroatoms. The molecule has 0 saturated carbocycles. The molecule has 2 aliphatic rings. The molecule has 20 heavy (non-hydrogen) atoms. The van der Waals surface area contributed by atoms with Crippen molar-refractivity contribution in [1.82, 2.24) is 4.98 Å². The monoisotopic (exact) mass is 273 g/mol. The molecule has 106 valence electrons. The van der Waals surface area contributed by atoms with Gasteiger partial charge >= 0.3 is 0 Å². The van der Waals surface area contributed by atoms with Crippen LogP contribution in [0.2, 0.25) is 0 Å². The molecule has 1 aromatic rings. The number of hydrogen-bond acceptors (Lipinski definition) is 5. The van der Waals surface area contributed by atoms with Gasteiger partial charge in [-0.15, -0.1) is 0 Å². The minimum atomic E-state index is 0.0931. The molecule has 4 unspecified atom stereocenters. The first-order valence-corrected chi connectivity index (χ1v) is 7.01. The van der Waals surface area contributed by atoms with Gasteiger partial charge in [0, 0.05) is 0 Å². The fourth-order valence-corrected chi connectivity index (χ4v) is 2.12. The largest absolute Gasteiger partial charge is 0.471 e. The standard InChI is InChI=1S/C15H19N3O2/c1-8-10(3)19-14(16-8)12-6-5-7-13(18-12)15-17-9(2)11(4)20-15/h5-11H,1-4H3. The Morgan fingerprint density at radius 3 is 1.60 bits per heavy atom. The summed E-state index contributed by atoms with van der Waals surface area (Å²) < 4.78 is 11.5. The Morgan fingerprint density at radius 2 is 1.25 bits per heavy atom. The van der Waals surface area contributed by atoms with Crippen LogP contribution in [0.5, 0.6) is 0 Å². The molecule has 1 aromatic heterocycles. The highest BCUT2D eigenvalue weighted by Crippen LogP contribution is 2.19. The Balaban J connectivity index is 1.88. The van der Waals surface area contributed by atoms with Crippen LogP contribution in [0.15, 0.2) is 28.2 Å². The summed E-state index contributed by atoms with van der Waals surface area (Å²) in [5, 5.41) is 0. The first-order valence-electron chi connectivity index (χ1n) is 7.01. The lowest BCUT2D eigenvalue weighted by Gasteiger charge is -2.09. The van der Waals surface area contributed by atoms with E-state index in [1.807, 2.05) is 45.9 Å². The molecule has 5 nitrogen and oxygen atoms in total. The number of rotatable bonds is 2. The molecule has 4 atom stereocenters. The zero-order chi connectivity index (χ0) is 14.3. The number of ether oxygens (including phenoxy) is 2. The quantitative estimate of drug-likeness (QED) is 0.830. The number of aromatic nitrogens is 1. The van der Waals surface area contributed by atoms with Gasteiger partial charge in [-0.2, -0.15) is 0 Å². The number of hydrogen-bond donors (Lipinski definition) is 0. The fraction of sp³-hybridized carbons (Fsp3) is 0.533. The highest BCUT2D eigenvalue weighted by Gasteiger charge is 2.27. The molecule has 3 rings (SSSR count). The Labute approximate surface area is 118 Å². The van der Waals surface area contributed by atoms with Gasteiger partial charge in [-0.3, -0.25) is 0 Å². The van der Waals surface area contributed by atoms with Crippen LogP contribution in [0.1, 0.15) is 39.1 Å². The second-order valence-electron chi connectivity index (χ2n) is 5.40. The van der Waals surface area contributed by atoms with E-state index >= 15 is 0 Å². The van der Waals surface area contributed by atoms with Gasteiger partial charge in [-0.25, -0.2) is 15.0 Å². The van der Waals surface area contributed by atoms with Crippen molar-refractivity contribution in [3.8, 4) is 0 Å². The summed E-state index contributed by atoms with van der Waals surface area (Å²) in [7, 11) is 0. The van der Waals surface area contributed by atoms with Gasteiger partial charge < -0.3 is 9.47 Å². The van der Waals surface area contributed by atoms with Gasteiger partial charge in [0.05, 0.1) is 12.1 Å². The molecule has 3 heterocycles. The third-order valence-corrected chi connectivity index (χ3v) is 3.78. The molecule has 0 aromatic carbocycles. The summed E-state index contributed by atoms with van der Waals surface area (Å²) in [5.74, 6) is 1.21. The minimum absolute atomic E-state index is 0.0931. The molecule has 0 amide bonds. The van der Waals surface area contributed by atoms with E-state index in [1.165, 1.54) is 0 Å². The Hall–Kier alpha value is -1.91. The molecular weight excluding hydrogens is 254 g/mol. The van der Waals surface area contributed by atoms with Crippen molar-refractivity contribution in [3.05, 3.63) is 29.6 Å². The van der Waals surface area contributed by atoms with Crippen molar-refractivity contribution in [2.24, 2.45) is 9.98 Å². The van der Waals surface area contributed by atoms with E-state index in [1.54, 1.807) is 0 Å². The van der Waals surface area contributed by atoms with Gasteiger partial charge in [0.25, 0.3) is 0 Å². The molecule has 0 N–H and O–H groups in total. The fourth-order valence-electron chi connectivity index (χ4n) is 2.12. The lowest BCUT2D eigenvalue weighted by atomic mass is 10.2. The van der Waals surface area contributed by atoms with Crippen LogP contribution in [0.3, 0.4) is 0 Å². The highest BCUT2D eigenvalue weighted by molar-refractivity contribution is 5.97. The molecule has 0 radical (unpaired) electrons. The summed E-state index contributed by atoms with van der Waals surface area (Å²) in [6, 6.07) is 6.05. The van der Waals surface area contributed by atoms with Crippen LogP contribution in [-0.4, -0.2) is 41.1 Å². The van der Waals surface area contributed by atoms with Crippen LogP contribution < -0.4 is 0 Å². The molecule has 0 spiro atoms. The smallest absolute Gasteiger partial charge is 0.236 e. The average molecular weight is 273 g/mol. The van der Waals surface area contributed by atoms with Crippen molar-refractivity contribution in [2.45, 2.75) is 52.0 Å². The zero-order valence-electron chi connectivity index (χ0n) is 12.2. The summed E-state index contributed by atoms with van der Waals surface area (Å²) in [4.78, 5) is 13.5. The van der Waals surface area contributed by atoms with E-state index in [4.69, 9.17) is 9.47 Å². The van der Waals surface area contributed by atoms with E-state index in [2.05, 4.69) is 15.0 Å². The maximum atomic E-state index is 5.73. The number of aliphatic imine (C=N–C) groups is 2. The first-order chi connectivity index (χ1) is 9.54. The van der Waals surface area contributed by atoms with E-state index < -0.39 is 0 Å². The van der Waals surface area contributed by atoms with Gasteiger partial charge in [-0.1, -0.05) is 6.07 Å². The Bertz CT molecular complexity index is 535. The van der Waals surface area contributed by atoms with E-state index in [0.29, 0.717) is 11.8 Å². The van der Waals surface area contributed by atoms with E-state index in [0.717, 1.165) is 11.4 Å². The third-order valence-electron chi connectivity index (χ3n) is 3.78. The average Bonchev–Trinajstić information content (AvgIpc) is 2.94. The van der Waals surface area contributed by atoms with Crippen LogP contribution >= 0.6 is 0 Å². The van der Waals surface area contributed by atoms with Crippen molar-refractivity contribution < 1.29 is 9.47 Å². The Morgan fingerprint density at radius 1 is 0.800 bits per heavy atom. The minimum Gasteiger partial charge on any atom is -0.471 e. The van der Waals surface area contributed by atoms with Crippen LogP contribution in [0, 0.1) is 0 Å². The predicted octanol–water partition coefficient (Wildman–Crippen LogP) is 2.19. The second kappa shape index (κ2) is 4.89. The van der Waals surface area contributed by atoms with Crippen LogP contribution in [0.25, 0.3) is 0 Å². The normalized spacial score (nSPS) is 32.4. The van der Waals surface area contributed by atoms with E-state index in [9.17, 15) is 0 Å². The van der Waals surface area contributed by atoms with Crippen LogP contribution in [-0.2, 0) is 9.47 Å². The van der Waals surface area contributed by atoms with Gasteiger partial charge in [0.1, 0.15) is 23.6 Å². The maximum absolute atomic E-state index is 5.73. The molecular formula is C15H19N3O2. The maximum Gasteiger partial charge on any atom is 0.236 e. The summed E-state index contributed by atoms with van der Waals surface area (Å²) in [6.07, 6.45) is 0.186. The van der Waals surface area contributed by atoms with Crippen molar-refractivity contribution in [1.29, 1.82) is 0 Å². The SMILES string of the molecule is CC1N=C(c2cccc(C3=NC(C)C(C)O3)n2)OC1C. The lowest BCUT2D eigenvalue weighted by Crippen LogP contribution is -2.17.